The summed E-state index contributed by atoms with van der Waals surface area (Å²) < 4.78 is 15.3. The van der Waals surface area contributed by atoms with E-state index in [0.29, 0.717) is 11.5 Å². The molecule has 2 aromatic carbocycles. The standard InChI is InChI=1S/C20H20N2O6/c23-18(9-14-4-2-1-3-5-14)22-11-20(25)26-12-19(24)21-10-15-6-7-16-17(8-15)28-13-27-16/h1-8H,9-13H2,(H,21,24)(H,22,23). The summed E-state index contributed by atoms with van der Waals surface area (Å²) in [5.74, 6) is -0.126. The smallest absolute Gasteiger partial charge is 0.325 e. The van der Waals surface area contributed by atoms with Crippen molar-refractivity contribution in [1.29, 1.82) is 0 Å². The van der Waals surface area contributed by atoms with Gasteiger partial charge in [0.15, 0.2) is 18.1 Å². The number of rotatable bonds is 8. The van der Waals surface area contributed by atoms with Crippen LogP contribution < -0.4 is 20.1 Å². The number of benzene rings is 2. The minimum Gasteiger partial charge on any atom is -0.454 e. The average Bonchev–Trinajstić information content (AvgIpc) is 3.18. The normalized spacial score (nSPS) is 11.6. The zero-order valence-electron chi connectivity index (χ0n) is 15.1. The second-order valence-corrected chi connectivity index (χ2v) is 6.06. The molecule has 0 radical (unpaired) electrons. The first kappa shape index (κ1) is 19.2. The van der Waals surface area contributed by atoms with Crippen molar-refractivity contribution in [1.82, 2.24) is 10.6 Å². The van der Waals surface area contributed by atoms with Crippen LogP contribution in [0.4, 0.5) is 0 Å². The first-order chi connectivity index (χ1) is 13.6. The number of ether oxygens (including phenoxy) is 3. The fourth-order valence-electron chi connectivity index (χ4n) is 2.51. The molecular formula is C20H20N2O6. The van der Waals surface area contributed by atoms with E-state index in [1.165, 1.54) is 0 Å². The number of carbonyl (C=O) groups is 3. The molecule has 1 aliphatic rings. The lowest BCUT2D eigenvalue weighted by Gasteiger charge is -2.08. The van der Waals surface area contributed by atoms with Crippen LogP contribution in [-0.2, 0) is 32.1 Å². The quantitative estimate of drug-likeness (QED) is 0.657. The number of hydrogen-bond donors (Lipinski definition) is 2. The Morgan fingerprint density at radius 1 is 0.893 bits per heavy atom. The number of fused-ring (bicyclic) bond motifs is 1. The number of nitrogens with one attached hydrogen (secondary N) is 2. The zero-order chi connectivity index (χ0) is 19.8. The zero-order valence-corrected chi connectivity index (χ0v) is 15.1. The van der Waals surface area contributed by atoms with Crippen LogP contribution in [-0.4, -0.2) is 37.7 Å². The van der Waals surface area contributed by atoms with Gasteiger partial charge in [-0.2, -0.15) is 0 Å². The molecule has 1 heterocycles. The maximum Gasteiger partial charge on any atom is 0.325 e. The van der Waals surface area contributed by atoms with E-state index in [1.807, 2.05) is 36.4 Å². The van der Waals surface area contributed by atoms with Crippen molar-refractivity contribution in [2.24, 2.45) is 0 Å². The molecule has 0 atom stereocenters. The molecule has 0 unspecified atom stereocenters. The molecule has 8 nitrogen and oxygen atoms in total. The van der Waals surface area contributed by atoms with Crippen molar-refractivity contribution >= 4 is 17.8 Å². The number of hydrogen-bond acceptors (Lipinski definition) is 6. The number of amides is 2. The highest BCUT2D eigenvalue weighted by Gasteiger charge is 2.14. The molecule has 2 amide bonds. The summed E-state index contributed by atoms with van der Waals surface area (Å²) >= 11 is 0. The fraction of sp³-hybridized carbons (Fsp3) is 0.250. The van der Waals surface area contributed by atoms with Crippen molar-refractivity contribution < 1.29 is 28.6 Å². The van der Waals surface area contributed by atoms with E-state index in [-0.39, 0.29) is 32.2 Å². The predicted molar refractivity (Wildman–Crippen MR) is 98.5 cm³/mol. The monoisotopic (exact) mass is 384 g/mol. The molecule has 0 bridgehead atoms. The Kier molecular flexibility index (Phi) is 6.46. The van der Waals surface area contributed by atoms with Crippen LogP contribution in [0, 0.1) is 0 Å². The Morgan fingerprint density at radius 2 is 1.68 bits per heavy atom. The van der Waals surface area contributed by atoms with E-state index in [1.54, 1.807) is 12.1 Å². The van der Waals surface area contributed by atoms with E-state index in [0.717, 1.165) is 11.1 Å². The Labute approximate surface area is 161 Å². The van der Waals surface area contributed by atoms with Crippen molar-refractivity contribution in [3.8, 4) is 11.5 Å². The summed E-state index contributed by atoms with van der Waals surface area (Å²) in [5.41, 5.74) is 1.67. The molecule has 2 N–H and O–H groups in total. The van der Waals surface area contributed by atoms with Gasteiger partial charge in [-0.15, -0.1) is 0 Å². The van der Waals surface area contributed by atoms with E-state index in [9.17, 15) is 14.4 Å². The van der Waals surface area contributed by atoms with Gasteiger partial charge in [-0.25, -0.2) is 0 Å². The first-order valence-electron chi connectivity index (χ1n) is 8.71. The minimum atomic E-state index is -0.681. The lowest BCUT2D eigenvalue weighted by atomic mass is 10.1. The van der Waals surface area contributed by atoms with Gasteiger partial charge in [-0.05, 0) is 23.3 Å². The molecule has 0 aromatic heterocycles. The Morgan fingerprint density at radius 3 is 2.50 bits per heavy atom. The van der Waals surface area contributed by atoms with E-state index >= 15 is 0 Å². The van der Waals surface area contributed by atoms with Gasteiger partial charge in [0.1, 0.15) is 6.54 Å². The molecule has 0 spiro atoms. The predicted octanol–water partition coefficient (Wildman–Crippen LogP) is 0.934. The molecule has 0 saturated carbocycles. The molecule has 0 fully saturated rings. The van der Waals surface area contributed by atoms with Crippen LogP contribution in [0.25, 0.3) is 0 Å². The molecule has 28 heavy (non-hydrogen) atoms. The van der Waals surface area contributed by atoms with E-state index in [2.05, 4.69) is 10.6 Å². The first-order valence-corrected chi connectivity index (χ1v) is 8.71. The van der Waals surface area contributed by atoms with Gasteiger partial charge >= 0.3 is 5.97 Å². The summed E-state index contributed by atoms with van der Waals surface area (Å²) in [6.07, 6.45) is 0.171. The Hall–Kier alpha value is -3.55. The van der Waals surface area contributed by atoms with Gasteiger partial charge in [-0.3, -0.25) is 14.4 Å². The van der Waals surface area contributed by atoms with Crippen molar-refractivity contribution in [2.45, 2.75) is 13.0 Å². The summed E-state index contributed by atoms with van der Waals surface area (Å²) in [6, 6.07) is 14.5. The Bertz CT molecular complexity index is 853. The molecule has 3 rings (SSSR count). The highest BCUT2D eigenvalue weighted by Crippen LogP contribution is 2.32. The van der Waals surface area contributed by atoms with Gasteiger partial charge in [0, 0.05) is 6.54 Å². The maximum atomic E-state index is 11.8. The van der Waals surface area contributed by atoms with Crippen LogP contribution in [0.1, 0.15) is 11.1 Å². The van der Waals surface area contributed by atoms with Crippen LogP contribution in [0.2, 0.25) is 0 Å². The lowest BCUT2D eigenvalue weighted by molar-refractivity contribution is -0.148. The van der Waals surface area contributed by atoms with Crippen LogP contribution in [0.3, 0.4) is 0 Å². The lowest BCUT2D eigenvalue weighted by Crippen LogP contribution is -2.34. The van der Waals surface area contributed by atoms with E-state index < -0.39 is 18.5 Å². The highest BCUT2D eigenvalue weighted by molar-refractivity contribution is 5.85. The summed E-state index contributed by atoms with van der Waals surface area (Å²) in [6.45, 7) is -0.261. The number of carbonyl (C=O) groups excluding carboxylic acids is 3. The topological polar surface area (TPSA) is 103 Å². The third-order valence-corrected chi connectivity index (χ3v) is 3.93. The average molecular weight is 384 g/mol. The van der Waals surface area contributed by atoms with Gasteiger partial charge < -0.3 is 24.8 Å². The van der Waals surface area contributed by atoms with Crippen molar-refractivity contribution in [3.63, 3.8) is 0 Å². The highest BCUT2D eigenvalue weighted by atomic mass is 16.7. The van der Waals surface area contributed by atoms with Crippen molar-refractivity contribution in [3.05, 3.63) is 59.7 Å². The number of esters is 1. The fourth-order valence-corrected chi connectivity index (χ4v) is 2.51. The van der Waals surface area contributed by atoms with Gasteiger partial charge in [-0.1, -0.05) is 36.4 Å². The minimum absolute atomic E-state index is 0.171. The van der Waals surface area contributed by atoms with Gasteiger partial charge in [0.2, 0.25) is 12.7 Å². The summed E-state index contributed by atoms with van der Waals surface area (Å²) in [5, 5.41) is 5.11. The van der Waals surface area contributed by atoms with Crippen LogP contribution in [0.5, 0.6) is 11.5 Å². The third-order valence-electron chi connectivity index (χ3n) is 3.93. The van der Waals surface area contributed by atoms with Gasteiger partial charge in [0.25, 0.3) is 5.91 Å². The molecule has 2 aromatic rings. The molecular weight excluding hydrogens is 364 g/mol. The summed E-state index contributed by atoms with van der Waals surface area (Å²) in [7, 11) is 0. The van der Waals surface area contributed by atoms with Crippen LogP contribution >= 0.6 is 0 Å². The second-order valence-electron chi connectivity index (χ2n) is 6.06. The summed E-state index contributed by atoms with van der Waals surface area (Å²) in [4.78, 5) is 35.2. The van der Waals surface area contributed by atoms with Crippen molar-refractivity contribution in [2.75, 3.05) is 19.9 Å². The maximum absolute atomic E-state index is 11.8. The largest absolute Gasteiger partial charge is 0.454 e. The van der Waals surface area contributed by atoms with Crippen LogP contribution in [0.15, 0.2) is 48.5 Å². The molecule has 8 heteroatoms. The van der Waals surface area contributed by atoms with Gasteiger partial charge in [0.05, 0.1) is 6.42 Å². The van der Waals surface area contributed by atoms with E-state index in [4.69, 9.17) is 14.2 Å². The molecule has 0 saturated heterocycles. The second kappa shape index (κ2) is 9.40. The molecule has 0 aliphatic carbocycles. The SMILES string of the molecule is O=C(COC(=O)CNC(=O)Cc1ccccc1)NCc1ccc2c(c1)OCO2. The Balaban J connectivity index is 1.31. The molecule has 146 valence electrons. The third kappa shape index (κ3) is 5.73. The molecule has 1 aliphatic heterocycles.